The SMILES string of the molecule is CNCc1ccc(CS(=O)C2CCCC2)o1. The summed E-state index contributed by atoms with van der Waals surface area (Å²) in [6, 6.07) is 3.90. The third kappa shape index (κ3) is 2.95. The lowest BCUT2D eigenvalue weighted by Gasteiger charge is -2.06. The molecule has 1 aliphatic rings. The summed E-state index contributed by atoms with van der Waals surface area (Å²) in [5.41, 5.74) is 0. The van der Waals surface area contributed by atoms with Crippen LogP contribution in [0.15, 0.2) is 16.5 Å². The first kappa shape index (κ1) is 11.9. The average molecular weight is 241 g/mol. The minimum absolute atomic E-state index is 0.401. The van der Waals surface area contributed by atoms with Crippen LogP contribution in [0.1, 0.15) is 37.2 Å². The molecule has 0 aliphatic heterocycles. The predicted molar refractivity (Wildman–Crippen MR) is 65.6 cm³/mol. The Morgan fingerprint density at radius 1 is 1.38 bits per heavy atom. The van der Waals surface area contributed by atoms with E-state index in [0.717, 1.165) is 30.9 Å². The van der Waals surface area contributed by atoms with E-state index in [2.05, 4.69) is 5.32 Å². The van der Waals surface area contributed by atoms with Gasteiger partial charge in [0.2, 0.25) is 0 Å². The van der Waals surface area contributed by atoms with Crippen LogP contribution in [0.5, 0.6) is 0 Å². The molecule has 1 atom stereocenters. The van der Waals surface area contributed by atoms with Crippen molar-refractivity contribution in [1.82, 2.24) is 5.32 Å². The van der Waals surface area contributed by atoms with Crippen LogP contribution in [0.3, 0.4) is 0 Å². The van der Waals surface area contributed by atoms with Crippen molar-refractivity contribution in [2.75, 3.05) is 7.05 Å². The van der Waals surface area contributed by atoms with Gasteiger partial charge in [0.05, 0.1) is 12.3 Å². The molecule has 0 aromatic carbocycles. The van der Waals surface area contributed by atoms with Crippen molar-refractivity contribution >= 4 is 10.8 Å². The summed E-state index contributed by atoms with van der Waals surface area (Å²) in [7, 11) is 1.14. The zero-order valence-corrected chi connectivity index (χ0v) is 10.5. The summed E-state index contributed by atoms with van der Waals surface area (Å²) in [6.07, 6.45) is 4.71. The average Bonchev–Trinajstić information content (AvgIpc) is 2.89. The zero-order chi connectivity index (χ0) is 11.4. The smallest absolute Gasteiger partial charge is 0.117 e. The van der Waals surface area contributed by atoms with Gasteiger partial charge in [-0.15, -0.1) is 0 Å². The molecule has 1 saturated carbocycles. The summed E-state index contributed by atoms with van der Waals surface area (Å²) in [6.45, 7) is 0.732. The van der Waals surface area contributed by atoms with E-state index in [0.29, 0.717) is 11.0 Å². The van der Waals surface area contributed by atoms with Gasteiger partial charge in [0.1, 0.15) is 11.5 Å². The van der Waals surface area contributed by atoms with Crippen molar-refractivity contribution in [3.63, 3.8) is 0 Å². The quantitative estimate of drug-likeness (QED) is 0.859. The molecule has 16 heavy (non-hydrogen) atoms. The molecule has 0 radical (unpaired) electrons. The zero-order valence-electron chi connectivity index (χ0n) is 9.70. The molecule has 1 N–H and O–H groups in total. The van der Waals surface area contributed by atoms with E-state index in [1.54, 1.807) is 0 Å². The minimum atomic E-state index is -0.751. The number of nitrogens with one attached hydrogen (secondary N) is 1. The largest absolute Gasteiger partial charge is 0.464 e. The van der Waals surface area contributed by atoms with Gasteiger partial charge in [0.25, 0.3) is 0 Å². The Morgan fingerprint density at radius 2 is 2.06 bits per heavy atom. The van der Waals surface area contributed by atoms with Crippen LogP contribution in [-0.2, 0) is 23.1 Å². The topological polar surface area (TPSA) is 42.2 Å². The van der Waals surface area contributed by atoms with Gasteiger partial charge < -0.3 is 9.73 Å². The van der Waals surface area contributed by atoms with Crippen molar-refractivity contribution in [3.05, 3.63) is 23.7 Å². The Labute approximate surface area is 99.1 Å². The maximum Gasteiger partial charge on any atom is 0.117 e. The molecule has 1 unspecified atom stereocenters. The standard InChI is InChI=1S/C12H19NO2S/c1-13-8-10-6-7-11(15-10)9-16(14)12-4-2-3-5-12/h6-7,12-13H,2-5,8-9H2,1H3. The number of rotatable bonds is 5. The molecule has 1 heterocycles. The Hall–Kier alpha value is -0.610. The van der Waals surface area contributed by atoms with Crippen LogP contribution >= 0.6 is 0 Å². The van der Waals surface area contributed by atoms with Crippen LogP contribution in [0, 0.1) is 0 Å². The highest BCUT2D eigenvalue weighted by molar-refractivity contribution is 7.84. The summed E-state index contributed by atoms with van der Waals surface area (Å²) < 4.78 is 17.6. The summed E-state index contributed by atoms with van der Waals surface area (Å²) in [5.74, 6) is 2.35. The number of furan rings is 1. The minimum Gasteiger partial charge on any atom is -0.464 e. The van der Waals surface area contributed by atoms with Crippen molar-refractivity contribution in [1.29, 1.82) is 0 Å². The molecule has 0 spiro atoms. The Morgan fingerprint density at radius 3 is 2.75 bits per heavy atom. The van der Waals surface area contributed by atoms with Crippen LogP contribution in [0.2, 0.25) is 0 Å². The van der Waals surface area contributed by atoms with Gasteiger partial charge >= 0.3 is 0 Å². The Balaban J connectivity index is 1.89. The molecule has 0 amide bonds. The van der Waals surface area contributed by atoms with Gasteiger partial charge in [0.15, 0.2) is 0 Å². The molecule has 1 aliphatic carbocycles. The highest BCUT2D eigenvalue weighted by atomic mass is 32.2. The molecule has 2 rings (SSSR count). The maximum absolute atomic E-state index is 12.0. The molecular formula is C12H19NO2S. The van der Waals surface area contributed by atoms with E-state index in [9.17, 15) is 4.21 Å². The van der Waals surface area contributed by atoms with Crippen LogP contribution < -0.4 is 5.32 Å². The van der Waals surface area contributed by atoms with Gasteiger partial charge in [-0.3, -0.25) is 4.21 Å². The summed E-state index contributed by atoms with van der Waals surface area (Å²) in [5, 5.41) is 3.44. The second-order valence-electron chi connectivity index (χ2n) is 4.33. The van der Waals surface area contributed by atoms with Gasteiger partial charge in [-0.1, -0.05) is 12.8 Å². The Kier molecular flexibility index (Phi) is 4.18. The van der Waals surface area contributed by atoms with Gasteiger partial charge in [-0.25, -0.2) is 0 Å². The first-order valence-corrected chi connectivity index (χ1v) is 7.27. The first-order chi connectivity index (χ1) is 7.79. The normalized spacial score (nSPS) is 19.1. The van der Waals surface area contributed by atoms with E-state index in [1.807, 2.05) is 19.2 Å². The van der Waals surface area contributed by atoms with Gasteiger partial charge in [-0.05, 0) is 32.0 Å². The van der Waals surface area contributed by atoms with Crippen molar-refractivity contribution in [2.45, 2.75) is 43.2 Å². The number of hydrogen-bond acceptors (Lipinski definition) is 3. The highest BCUT2D eigenvalue weighted by Crippen LogP contribution is 2.25. The molecule has 0 saturated heterocycles. The lowest BCUT2D eigenvalue weighted by atomic mass is 10.4. The predicted octanol–water partition coefficient (Wildman–Crippen LogP) is 2.19. The second-order valence-corrected chi connectivity index (χ2v) is 6.05. The highest BCUT2D eigenvalue weighted by Gasteiger charge is 2.22. The first-order valence-electron chi connectivity index (χ1n) is 5.89. The van der Waals surface area contributed by atoms with Crippen molar-refractivity contribution < 1.29 is 8.63 Å². The molecule has 0 bridgehead atoms. The fourth-order valence-electron chi connectivity index (χ4n) is 2.18. The number of hydrogen-bond donors (Lipinski definition) is 1. The lowest BCUT2D eigenvalue weighted by Crippen LogP contribution is -2.11. The fourth-order valence-corrected chi connectivity index (χ4v) is 3.71. The van der Waals surface area contributed by atoms with Gasteiger partial charge in [0, 0.05) is 16.0 Å². The van der Waals surface area contributed by atoms with E-state index in [4.69, 9.17) is 4.42 Å². The van der Waals surface area contributed by atoms with Crippen LogP contribution in [0.4, 0.5) is 0 Å². The fraction of sp³-hybridized carbons (Fsp3) is 0.667. The van der Waals surface area contributed by atoms with Gasteiger partial charge in [-0.2, -0.15) is 0 Å². The van der Waals surface area contributed by atoms with E-state index < -0.39 is 10.8 Å². The molecule has 90 valence electrons. The molecular weight excluding hydrogens is 222 g/mol. The molecule has 1 aromatic rings. The second kappa shape index (κ2) is 5.64. The van der Waals surface area contributed by atoms with Crippen LogP contribution in [0.25, 0.3) is 0 Å². The lowest BCUT2D eigenvalue weighted by molar-refractivity contribution is 0.467. The van der Waals surface area contributed by atoms with Crippen molar-refractivity contribution in [3.8, 4) is 0 Å². The molecule has 1 fully saturated rings. The van der Waals surface area contributed by atoms with Crippen LogP contribution in [-0.4, -0.2) is 16.5 Å². The summed E-state index contributed by atoms with van der Waals surface area (Å²) in [4.78, 5) is 0. The third-order valence-corrected chi connectivity index (χ3v) is 4.81. The van der Waals surface area contributed by atoms with E-state index in [-0.39, 0.29) is 0 Å². The van der Waals surface area contributed by atoms with E-state index >= 15 is 0 Å². The molecule has 4 heteroatoms. The van der Waals surface area contributed by atoms with Crippen molar-refractivity contribution in [2.24, 2.45) is 0 Å². The Bertz CT molecular complexity index is 356. The molecule has 1 aromatic heterocycles. The monoisotopic (exact) mass is 241 g/mol. The third-order valence-electron chi connectivity index (χ3n) is 3.03. The van der Waals surface area contributed by atoms with E-state index in [1.165, 1.54) is 12.8 Å². The summed E-state index contributed by atoms with van der Waals surface area (Å²) >= 11 is 0. The molecule has 3 nitrogen and oxygen atoms in total. The maximum atomic E-state index is 12.0.